The molecular formula is C32H35BrF6N4O2. The van der Waals surface area contributed by atoms with Crippen molar-refractivity contribution in [3.63, 3.8) is 0 Å². The van der Waals surface area contributed by atoms with E-state index in [1.165, 1.54) is 12.4 Å². The number of carbonyl (C=O) groups excluding carboxylic acids is 1. The van der Waals surface area contributed by atoms with Crippen molar-refractivity contribution >= 4 is 28.0 Å². The van der Waals surface area contributed by atoms with Gasteiger partial charge in [0, 0.05) is 37.6 Å². The molecule has 2 atom stereocenters. The summed E-state index contributed by atoms with van der Waals surface area (Å²) in [7, 11) is 0. The fraction of sp³-hybridized carbons (Fsp3) is 0.469. The molecule has 1 aromatic heterocycles. The molecule has 0 saturated carbocycles. The Hall–Kier alpha value is -3.35. The second-order valence-electron chi connectivity index (χ2n) is 12.1. The van der Waals surface area contributed by atoms with Crippen LogP contribution >= 0.6 is 15.9 Å². The van der Waals surface area contributed by atoms with Gasteiger partial charge in [0.05, 0.1) is 15.6 Å². The van der Waals surface area contributed by atoms with E-state index in [1.807, 2.05) is 30.3 Å². The highest BCUT2D eigenvalue weighted by Crippen LogP contribution is 2.37. The Balaban J connectivity index is 1.66. The summed E-state index contributed by atoms with van der Waals surface area (Å²) >= 11 is 3.27. The van der Waals surface area contributed by atoms with E-state index >= 15 is 0 Å². The number of rotatable bonds is 8. The van der Waals surface area contributed by atoms with Gasteiger partial charge in [0.15, 0.2) is 0 Å². The number of halogens is 7. The van der Waals surface area contributed by atoms with Crippen LogP contribution in [0.5, 0.6) is 0 Å². The van der Waals surface area contributed by atoms with Gasteiger partial charge in [-0.3, -0.25) is 0 Å². The molecule has 0 aliphatic carbocycles. The third-order valence-corrected chi connectivity index (χ3v) is 7.88. The van der Waals surface area contributed by atoms with Crippen LogP contribution in [0.15, 0.2) is 65.4 Å². The molecule has 2 heterocycles. The van der Waals surface area contributed by atoms with Crippen molar-refractivity contribution in [3.8, 4) is 0 Å². The topological polar surface area (TPSA) is 58.6 Å². The maximum Gasteiger partial charge on any atom is 0.416 e. The number of benzene rings is 2. The quantitative estimate of drug-likeness (QED) is 0.220. The summed E-state index contributed by atoms with van der Waals surface area (Å²) in [6, 6.07) is 10.8. The molecule has 0 bridgehead atoms. The van der Waals surface area contributed by atoms with E-state index in [9.17, 15) is 31.1 Å². The number of aryl methyl sites for hydroxylation is 1. The zero-order valence-electron chi connectivity index (χ0n) is 25.1. The van der Waals surface area contributed by atoms with Crippen molar-refractivity contribution in [1.82, 2.24) is 14.9 Å². The number of carbonyl (C=O) groups is 1. The molecule has 4 rings (SSSR count). The first-order valence-corrected chi connectivity index (χ1v) is 15.3. The van der Waals surface area contributed by atoms with Crippen molar-refractivity contribution in [1.29, 1.82) is 0 Å². The minimum atomic E-state index is -4.97. The molecule has 1 amide bonds. The minimum absolute atomic E-state index is 0.117. The van der Waals surface area contributed by atoms with Crippen molar-refractivity contribution < 1.29 is 35.9 Å². The fourth-order valence-electron chi connectivity index (χ4n) is 5.46. The van der Waals surface area contributed by atoms with Crippen LogP contribution in [0.4, 0.5) is 37.1 Å². The van der Waals surface area contributed by atoms with Crippen LogP contribution in [0.1, 0.15) is 68.7 Å². The zero-order chi connectivity index (χ0) is 33.0. The van der Waals surface area contributed by atoms with Gasteiger partial charge in [-0.2, -0.15) is 26.3 Å². The summed E-state index contributed by atoms with van der Waals surface area (Å²) in [5.74, 6) is 0.155. The lowest BCUT2D eigenvalue weighted by Crippen LogP contribution is -2.53. The van der Waals surface area contributed by atoms with Gasteiger partial charge < -0.3 is 14.5 Å². The number of nitrogens with zero attached hydrogens (tertiary/aromatic N) is 4. The first kappa shape index (κ1) is 34.5. The maximum absolute atomic E-state index is 13.7. The molecular weight excluding hydrogens is 666 g/mol. The molecule has 1 aliphatic rings. The van der Waals surface area contributed by atoms with E-state index in [2.05, 4.69) is 25.9 Å². The first-order valence-electron chi connectivity index (χ1n) is 14.6. The van der Waals surface area contributed by atoms with Crippen LogP contribution < -0.4 is 4.90 Å². The normalized spacial score (nSPS) is 17.7. The SMILES string of the molecule is CC(C)(C)OC(=O)N1CCC(N(Cc2cc(C(F)(F)F)cc(C(F)(F)F)c2)c2ncc(Br)cn2)CC1CCCc1ccccc1. The molecule has 2 unspecified atom stereocenters. The standard InChI is InChI=1S/C32H35BrF6N4O2/c1-30(2,3)45-29(44)42-13-12-27(17-26(42)11-7-10-21-8-5-4-6-9-21)43(28-40-18-25(33)19-41-28)20-22-14-23(31(34,35)36)16-24(15-22)32(37,38)39/h4-6,8-9,14-16,18-19,26-27H,7,10-13,17,20H2,1-3H3. The van der Waals surface area contributed by atoms with E-state index in [0.29, 0.717) is 23.7 Å². The number of ether oxygens (including phenoxy) is 1. The Morgan fingerprint density at radius 3 is 2.11 bits per heavy atom. The molecule has 13 heteroatoms. The molecule has 1 saturated heterocycles. The number of anilines is 1. The van der Waals surface area contributed by atoms with E-state index in [4.69, 9.17) is 4.74 Å². The monoisotopic (exact) mass is 700 g/mol. The number of likely N-dealkylation sites (tertiary alicyclic amines) is 1. The highest BCUT2D eigenvalue weighted by atomic mass is 79.9. The number of alkyl halides is 6. The lowest BCUT2D eigenvalue weighted by atomic mass is 9.91. The van der Waals surface area contributed by atoms with Gasteiger partial charge in [0.1, 0.15) is 5.60 Å². The summed E-state index contributed by atoms with van der Waals surface area (Å²) in [5, 5.41) is 0. The van der Waals surface area contributed by atoms with E-state index in [-0.39, 0.29) is 36.7 Å². The third kappa shape index (κ3) is 9.82. The highest BCUT2D eigenvalue weighted by molar-refractivity contribution is 9.10. The number of hydrogen-bond donors (Lipinski definition) is 0. The largest absolute Gasteiger partial charge is 0.444 e. The summed E-state index contributed by atoms with van der Waals surface area (Å²) in [5.41, 5.74) is -2.54. The third-order valence-electron chi connectivity index (χ3n) is 7.47. The fourth-order valence-corrected chi connectivity index (χ4v) is 5.66. The molecule has 0 N–H and O–H groups in total. The number of amides is 1. The Kier molecular flexibility index (Phi) is 10.7. The maximum atomic E-state index is 13.7. The molecule has 6 nitrogen and oxygen atoms in total. The number of piperidine rings is 1. The number of aromatic nitrogens is 2. The summed E-state index contributed by atoms with van der Waals surface area (Å²) in [6.45, 7) is 5.30. The second-order valence-corrected chi connectivity index (χ2v) is 13.0. The van der Waals surface area contributed by atoms with Gasteiger partial charge in [-0.25, -0.2) is 14.8 Å². The lowest BCUT2D eigenvalue weighted by molar-refractivity contribution is -0.143. The Morgan fingerprint density at radius 1 is 0.956 bits per heavy atom. The molecule has 2 aromatic carbocycles. The molecule has 45 heavy (non-hydrogen) atoms. The van der Waals surface area contributed by atoms with Gasteiger partial charge in [0.2, 0.25) is 5.95 Å². The summed E-state index contributed by atoms with van der Waals surface area (Å²) in [6.07, 6.45) is -4.59. The van der Waals surface area contributed by atoms with Gasteiger partial charge in [0.25, 0.3) is 0 Å². The minimum Gasteiger partial charge on any atom is -0.444 e. The lowest BCUT2D eigenvalue weighted by Gasteiger charge is -2.44. The molecule has 244 valence electrons. The van der Waals surface area contributed by atoms with Crippen LogP contribution in [0.2, 0.25) is 0 Å². The molecule has 1 aliphatic heterocycles. The number of hydrogen-bond acceptors (Lipinski definition) is 5. The van der Waals surface area contributed by atoms with Crippen molar-refractivity contribution in [2.24, 2.45) is 0 Å². The van der Waals surface area contributed by atoms with Crippen LogP contribution in [0.3, 0.4) is 0 Å². The summed E-state index contributed by atoms with van der Waals surface area (Å²) in [4.78, 5) is 25.2. The van der Waals surface area contributed by atoms with E-state index in [0.717, 1.165) is 30.5 Å². The van der Waals surface area contributed by atoms with Crippen LogP contribution in [-0.4, -0.2) is 45.2 Å². The zero-order valence-corrected chi connectivity index (χ0v) is 26.7. The van der Waals surface area contributed by atoms with Crippen molar-refractivity contribution in [3.05, 3.63) is 87.7 Å². The van der Waals surface area contributed by atoms with Crippen molar-refractivity contribution in [2.75, 3.05) is 11.4 Å². The molecule has 0 radical (unpaired) electrons. The van der Waals surface area contributed by atoms with Crippen molar-refractivity contribution in [2.45, 2.75) is 89.5 Å². The molecule has 3 aromatic rings. The van der Waals surface area contributed by atoms with Gasteiger partial charge in [-0.05, 0) is 98.1 Å². The average Bonchev–Trinajstić information content (AvgIpc) is 2.95. The Bertz CT molecular complexity index is 1400. The highest BCUT2D eigenvalue weighted by Gasteiger charge is 2.39. The summed E-state index contributed by atoms with van der Waals surface area (Å²) < 4.78 is 88.2. The van der Waals surface area contributed by atoms with Gasteiger partial charge in [-0.15, -0.1) is 0 Å². The predicted octanol–water partition coefficient (Wildman–Crippen LogP) is 9.07. The molecule has 0 spiro atoms. The van der Waals surface area contributed by atoms with Crippen LogP contribution in [0.25, 0.3) is 0 Å². The predicted molar refractivity (Wildman–Crippen MR) is 161 cm³/mol. The molecule has 1 fully saturated rings. The van der Waals surface area contributed by atoms with E-state index in [1.54, 1.807) is 30.6 Å². The first-order chi connectivity index (χ1) is 21.0. The van der Waals surface area contributed by atoms with E-state index < -0.39 is 41.2 Å². The smallest absolute Gasteiger partial charge is 0.416 e. The Labute approximate surface area is 266 Å². The van der Waals surface area contributed by atoms with Gasteiger partial charge >= 0.3 is 18.4 Å². The second kappa shape index (κ2) is 14.0. The van der Waals surface area contributed by atoms with Crippen LogP contribution in [0, 0.1) is 0 Å². The van der Waals surface area contributed by atoms with Gasteiger partial charge in [-0.1, -0.05) is 30.3 Å². The Morgan fingerprint density at radius 2 is 1.56 bits per heavy atom. The van der Waals surface area contributed by atoms with Crippen LogP contribution in [-0.2, 0) is 30.1 Å². The average molecular weight is 702 g/mol.